The van der Waals surface area contributed by atoms with E-state index in [1.165, 1.54) is 11.1 Å². The van der Waals surface area contributed by atoms with Crippen molar-refractivity contribution in [1.29, 1.82) is 0 Å². The SMILES string of the molecule is Cc1ccccc1Cc1nc(CCO)cs1. The lowest BCUT2D eigenvalue weighted by Crippen LogP contribution is -1.93. The summed E-state index contributed by atoms with van der Waals surface area (Å²) in [4.78, 5) is 4.49. The molecule has 0 spiro atoms. The molecule has 2 aromatic rings. The number of nitrogens with zero attached hydrogens (tertiary/aromatic N) is 1. The molecule has 84 valence electrons. The minimum Gasteiger partial charge on any atom is -0.396 e. The van der Waals surface area contributed by atoms with Gasteiger partial charge in [-0.05, 0) is 18.1 Å². The van der Waals surface area contributed by atoms with Gasteiger partial charge in [0.2, 0.25) is 0 Å². The van der Waals surface area contributed by atoms with Crippen molar-refractivity contribution in [1.82, 2.24) is 4.98 Å². The Labute approximate surface area is 99.6 Å². The molecule has 0 atom stereocenters. The number of aromatic nitrogens is 1. The third-order valence-corrected chi connectivity index (χ3v) is 3.47. The predicted molar refractivity (Wildman–Crippen MR) is 66.9 cm³/mol. The van der Waals surface area contributed by atoms with Crippen LogP contribution in [0.25, 0.3) is 0 Å². The zero-order valence-electron chi connectivity index (χ0n) is 9.31. The normalized spacial score (nSPS) is 10.6. The van der Waals surface area contributed by atoms with E-state index in [2.05, 4.69) is 36.2 Å². The quantitative estimate of drug-likeness (QED) is 0.880. The number of aryl methyl sites for hydroxylation is 1. The molecule has 16 heavy (non-hydrogen) atoms. The van der Waals surface area contributed by atoms with Crippen molar-refractivity contribution in [2.45, 2.75) is 19.8 Å². The highest BCUT2D eigenvalue weighted by atomic mass is 32.1. The van der Waals surface area contributed by atoms with Crippen molar-refractivity contribution in [3.63, 3.8) is 0 Å². The van der Waals surface area contributed by atoms with E-state index in [-0.39, 0.29) is 6.61 Å². The monoisotopic (exact) mass is 233 g/mol. The van der Waals surface area contributed by atoms with E-state index in [1.807, 2.05) is 5.38 Å². The van der Waals surface area contributed by atoms with Crippen LogP contribution in [0.2, 0.25) is 0 Å². The summed E-state index contributed by atoms with van der Waals surface area (Å²) in [5, 5.41) is 12.0. The Morgan fingerprint density at radius 2 is 2.12 bits per heavy atom. The van der Waals surface area contributed by atoms with Gasteiger partial charge in [0.25, 0.3) is 0 Å². The molecule has 0 aliphatic carbocycles. The Morgan fingerprint density at radius 1 is 1.31 bits per heavy atom. The average molecular weight is 233 g/mol. The van der Waals surface area contributed by atoms with Crippen molar-refractivity contribution in [3.8, 4) is 0 Å². The van der Waals surface area contributed by atoms with Crippen LogP contribution >= 0.6 is 11.3 Å². The molecule has 0 bridgehead atoms. The van der Waals surface area contributed by atoms with Gasteiger partial charge in [-0.25, -0.2) is 4.98 Å². The summed E-state index contributed by atoms with van der Waals surface area (Å²) < 4.78 is 0. The number of benzene rings is 1. The lowest BCUT2D eigenvalue weighted by atomic mass is 10.1. The molecular formula is C13H15NOS. The van der Waals surface area contributed by atoms with Crippen LogP contribution in [0.3, 0.4) is 0 Å². The molecule has 3 heteroatoms. The fraction of sp³-hybridized carbons (Fsp3) is 0.308. The maximum atomic E-state index is 8.83. The van der Waals surface area contributed by atoms with Crippen molar-refractivity contribution in [2.75, 3.05) is 6.61 Å². The highest BCUT2D eigenvalue weighted by Gasteiger charge is 2.04. The van der Waals surface area contributed by atoms with Crippen molar-refractivity contribution >= 4 is 11.3 Å². The Bertz CT molecular complexity index is 464. The standard InChI is InChI=1S/C13H15NOS/c1-10-4-2-3-5-11(10)8-13-14-12(6-7-15)9-16-13/h2-5,9,15H,6-8H2,1H3. The smallest absolute Gasteiger partial charge is 0.0972 e. The fourth-order valence-electron chi connectivity index (χ4n) is 1.63. The van der Waals surface area contributed by atoms with E-state index in [4.69, 9.17) is 5.11 Å². The molecule has 1 heterocycles. The van der Waals surface area contributed by atoms with Crippen LogP contribution in [0.15, 0.2) is 29.6 Å². The van der Waals surface area contributed by atoms with Gasteiger partial charge in [0.1, 0.15) is 0 Å². The maximum absolute atomic E-state index is 8.83. The van der Waals surface area contributed by atoms with Crippen LogP contribution < -0.4 is 0 Å². The molecule has 0 fully saturated rings. The van der Waals surface area contributed by atoms with Gasteiger partial charge in [0.15, 0.2) is 0 Å². The second-order valence-electron chi connectivity index (χ2n) is 3.81. The van der Waals surface area contributed by atoms with Gasteiger partial charge in [-0.2, -0.15) is 0 Å². The maximum Gasteiger partial charge on any atom is 0.0972 e. The molecule has 0 saturated heterocycles. The molecule has 0 radical (unpaired) electrons. The van der Waals surface area contributed by atoms with E-state index >= 15 is 0 Å². The summed E-state index contributed by atoms with van der Waals surface area (Å²) in [6.45, 7) is 2.30. The van der Waals surface area contributed by atoms with Crippen LogP contribution in [0.5, 0.6) is 0 Å². The number of aliphatic hydroxyl groups excluding tert-OH is 1. The first-order chi connectivity index (χ1) is 7.79. The number of rotatable bonds is 4. The fourth-order valence-corrected chi connectivity index (χ4v) is 2.48. The summed E-state index contributed by atoms with van der Waals surface area (Å²) in [5.41, 5.74) is 3.63. The molecule has 0 aliphatic rings. The second-order valence-corrected chi connectivity index (χ2v) is 4.75. The van der Waals surface area contributed by atoms with Gasteiger partial charge in [0.05, 0.1) is 10.7 Å². The van der Waals surface area contributed by atoms with Crippen molar-refractivity contribution < 1.29 is 5.11 Å². The first-order valence-corrected chi connectivity index (χ1v) is 6.26. The Balaban J connectivity index is 2.11. The first kappa shape index (κ1) is 11.3. The van der Waals surface area contributed by atoms with Crippen molar-refractivity contribution in [3.05, 3.63) is 51.5 Å². The second kappa shape index (κ2) is 5.23. The average Bonchev–Trinajstić information content (AvgIpc) is 2.70. The topological polar surface area (TPSA) is 33.1 Å². The van der Waals surface area contributed by atoms with Crippen LogP contribution in [0, 0.1) is 6.92 Å². The van der Waals surface area contributed by atoms with Gasteiger partial charge in [-0.15, -0.1) is 11.3 Å². The minimum absolute atomic E-state index is 0.174. The Kier molecular flexibility index (Phi) is 3.70. The van der Waals surface area contributed by atoms with E-state index < -0.39 is 0 Å². The molecule has 0 unspecified atom stereocenters. The van der Waals surface area contributed by atoms with Gasteiger partial charge in [0, 0.05) is 24.8 Å². The molecule has 2 rings (SSSR count). The summed E-state index contributed by atoms with van der Waals surface area (Å²) in [6.07, 6.45) is 1.55. The minimum atomic E-state index is 0.174. The van der Waals surface area contributed by atoms with Crippen LogP contribution in [-0.2, 0) is 12.8 Å². The number of thiazole rings is 1. The molecule has 0 aliphatic heterocycles. The van der Waals surface area contributed by atoms with E-state index in [0.29, 0.717) is 6.42 Å². The van der Waals surface area contributed by atoms with Crippen molar-refractivity contribution in [2.24, 2.45) is 0 Å². The van der Waals surface area contributed by atoms with E-state index in [9.17, 15) is 0 Å². The van der Waals surface area contributed by atoms with Gasteiger partial charge in [-0.3, -0.25) is 0 Å². The summed E-state index contributed by atoms with van der Waals surface area (Å²) in [6, 6.07) is 8.38. The number of hydrogen-bond donors (Lipinski definition) is 1. The molecule has 1 aromatic carbocycles. The van der Waals surface area contributed by atoms with E-state index in [1.54, 1.807) is 11.3 Å². The van der Waals surface area contributed by atoms with Gasteiger partial charge >= 0.3 is 0 Å². The molecular weight excluding hydrogens is 218 g/mol. The van der Waals surface area contributed by atoms with Crippen LogP contribution in [0.4, 0.5) is 0 Å². The molecule has 1 N–H and O–H groups in total. The third-order valence-electron chi connectivity index (χ3n) is 2.57. The highest BCUT2D eigenvalue weighted by Crippen LogP contribution is 2.17. The van der Waals surface area contributed by atoms with Crippen LogP contribution in [-0.4, -0.2) is 16.7 Å². The number of aliphatic hydroxyl groups is 1. The summed E-state index contributed by atoms with van der Waals surface area (Å²) >= 11 is 1.67. The zero-order chi connectivity index (χ0) is 11.4. The summed E-state index contributed by atoms with van der Waals surface area (Å²) in [5.74, 6) is 0. The predicted octanol–water partition coefficient (Wildman–Crippen LogP) is 2.58. The van der Waals surface area contributed by atoms with Crippen LogP contribution in [0.1, 0.15) is 21.8 Å². The molecule has 0 saturated carbocycles. The number of hydrogen-bond acceptors (Lipinski definition) is 3. The lowest BCUT2D eigenvalue weighted by Gasteiger charge is -2.02. The Hall–Kier alpha value is -1.19. The zero-order valence-corrected chi connectivity index (χ0v) is 10.1. The molecule has 2 nitrogen and oxygen atoms in total. The van der Waals surface area contributed by atoms with Gasteiger partial charge in [-0.1, -0.05) is 24.3 Å². The lowest BCUT2D eigenvalue weighted by molar-refractivity contribution is 0.298. The third kappa shape index (κ3) is 2.68. The first-order valence-electron chi connectivity index (χ1n) is 5.38. The van der Waals surface area contributed by atoms with E-state index in [0.717, 1.165) is 17.1 Å². The largest absolute Gasteiger partial charge is 0.396 e. The Morgan fingerprint density at radius 3 is 2.88 bits per heavy atom. The molecule has 0 amide bonds. The van der Waals surface area contributed by atoms with Gasteiger partial charge < -0.3 is 5.11 Å². The highest BCUT2D eigenvalue weighted by molar-refractivity contribution is 7.09. The molecule has 1 aromatic heterocycles. The summed E-state index contributed by atoms with van der Waals surface area (Å²) in [7, 11) is 0.